The van der Waals surface area contributed by atoms with Crippen LogP contribution in [0.1, 0.15) is 47.7 Å². The summed E-state index contributed by atoms with van der Waals surface area (Å²) in [4.78, 5) is 50.6. The van der Waals surface area contributed by atoms with Gasteiger partial charge in [-0.1, -0.05) is 31.0 Å². The molecule has 1 heterocycles. The topological polar surface area (TPSA) is 102 Å². The van der Waals surface area contributed by atoms with Crippen LogP contribution in [0.3, 0.4) is 0 Å². The van der Waals surface area contributed by atoms with Crippen molar-refractivity contribution in [2.75, 3.05) is 30.0 Å². The number of nitrogens with zero attached hydrogens (tertiary/aromatic N) is 1. The van der Waals surface area contributed by atoms with Crippen molar-refractivity contribution in [3.8, 4) is 0 Å². The van der Waals surface area contributed by atoms with E-state index in [0.29, 0.717) is 23.5 Å². The van der Waals surface area contributed by atoms with Gasteiger partial charge in [-0.25, -0.2) is 4.79 Å². The van der Waals surface area contributed by atoms with Gasteiger partial charge in [0.15, 0.2) is 6.61 Å². The highest BCUT2D eigenvalue weighted by Crippen LogP contribution is 2.26. The van der Waals surface area contributed by atoms with Gasteiger partial charge in [-0.05, 0) is 56.2 Å². The number of benzene rings is 2. The normalized spacial score (nSPS) is 15.2. The summed E-state index contributed by atoms with van der Waals surface area (Å²) >= 11 is 0. The van der Waals surface area contributed by atoms with E-state index in [9.17, 15) is 19.2 Å². The number of aryl methyl sites for hydroxylation is 2. The summed E-state index contributed by atoms with van der Waals surface area (Å²) in [5, 5.41) is 2.73. The molecule has 1 atom stereocenters. The molecule has 1 saturated heterocycles. The van der Waals surface area contributed by atoms with Crippen LogP contribution in [0.25, 0.3) is 0 Å². The first kappa shape index (κ1) is 25.0. The lowest BCUT2D eigenvalue weighted by molar-refractivity contribution is -0.151. The monoisotopic (exact) mass is 466 g/mol. The molecule has 2 amide bonds. The number of carbonyl (C=O) groups excluding carboxylic acids is 4. The number of ether oxygens (including phenoxy) is 2. The number of esters is 2. The Balaban J connectivity index is 1.51. The molecular weight excluding hydrogens is 436 g/mol. The van der Waals surface area contributed by atoms with Gasteiger partial charge in [0.05, 0.1) is 18.1 Å². The first-order valence-electron chi connectivity index (χ1n) is 11.4. The van der Waals surface area contributed by atoms with E-state index in [2.05, 4.69) is 5.32 Å². The van der Waals surface area contributed by atoms with Crippen LogP contribution in [0.4, 0.5) is 11.4 Å². The van der Waals surface area contributed by atoms with Gasteiger partial charge in [-0.15, -0.1) is 0 Å². The number of hydrogen-bond donors (Lipinski definition) is 1. The highest BCUT2D eigenvalue weighted by molar-refractivity contribution is 6.00. The number of nitrogens with one attached hydrogen (secondary N) is 1. The SMILES string of the molecule is CCCCOC(=O)c1ccc(N2C[C@@H](C(=O)OCC(=O)Nc3ccc(C)cc3C)CC2=O)cc1. The van der Waals surface area contributed by atoms with Crippen LogP contribution in [0.15, 0.2) is 42.5 Å². The Morgan fingerprint density at radius 3 is 2.47 bits per heavy atom. The van der Waals surface area contributed by atoms with E-state index in [1.54, 1.807) is 30.3 Å². The molecule has 0 aliphatic carbocycles. The van der Waals surface area contributed by atoms with Gasteiger partial charge >= 0.3 is 11.9 Å². The molecule has 1 N–H and O–H groups in total. The molecule has 0 unspecified atom stereocenters. The Morgan fingerprint density at radius 2 is 1.79 bits per heavy atom. The minimum Gasteiger partial charge on any atom is -0.462 e. The number of unbranched alkanes of at least 4 members (excludes halogenated alkanes) is 1. The zero-order chi connectivity index (χ0) is 24.7. The molecular formula is C26H30N2O6. The molecule has 0 bridgehead atoms. The van der Waals surface area contributed by atoms with E-state index < -0.39 is 30.4 Å². The van der Waals surface area contributed by atoms with Gasteiger partial charge in [0.2, 0.25) is 5.91 Å². The van der Waals surface area contributed by atoms with Gasteiger partial charge in [0.25, 0.3) is 5.91 Å². The maximum absolute atomic E-state index is 12.5. The number of carbonyl (C=O) groups is 4. The number of rotatable bonds is 9. The van der Waals surface area contributed by atoms with Crippen LogP contribution < -0.4 is 10.2 Å². The molecule has 1 aliphatic heterocycles. The first-order valence-corrected chi connectivity index (χ1v) is 11.4. The summed E-state index contributed by atoms with van der Waals surface area (Å²) in [5.41, 5.74) is 3.64. The Labute approximate surface area is 199 Å². The molecule has 34 heavy (non-hydrogen) atoms. The molecule has 2 aromatic rings. The lowest BCUT2D eigenvalue weighted by Gasteiger charge is -2.17. The van der Waals surface area contributed by atoms with Gasteiger partial charge in [0.1, 0.15) is 0 Å². The molecule has 8 heteroatoms. The predicted molar refractivity (Wildman–Crippen MR) is 128 cm³/mol. The Hall–Kier alpha value is -3.68. The second-order valence-electron chi connectivity index (χ2n) is 8.42. The molecule has 0 spiro atoms. The highest BCUT2D eigenvalue weighted by Gasteiger charge is 2.36. The largest absolute Gasteiger partial charge is 0.462 e. The van der Waals surface area contributed by atoms with E-state index >= 15 is 0 Å². The average molecular weight is 467 g/mol. The van der Waals surface area contributed by atoms with Gasteiger partial charge < -0.3 is 19.7 Å². The minimum absolute atomic E-state index is 0.00165. The Kier molecular flexibility index (Phi) is 8.40. The lowest BCUT2D eigenvalue weighted by Crippen LogP contribution is -2.28. The zero-order valence-electron chi connectivity index (χ0n) is 19.8. The maximum atomic E-state index is 12.5. The van der Waals surface area contributed by atoms with Crippen molar-refractivity contribution in [2.45, 2.75) is 40.0 Å². The van der Waals surface area contributed by atoms with E-state index in [4.69, 9.17) is 9.47 Å². The van der Waals surface area contributed by atoms with Crippen LogP contribution in [0.2, 0.25) is 0 Å². The van der Waals surface area contributed by atoms with Crippen molar-refractivity contribution in [3.05, 3.63) is 59.2 Å². The van der Waals surface area contributed by atoms with Crippen LogP contribution in [-0.4, -0.2) is 43.5 Å². The van der Waals surface area contributed by atoms with Crippen molar-refractivity contribution in [3.63, 3.8) is 0 Å². The quantitative estimate of drug-likeness (QED) is 0.446. The second-order valence-corrected chi connectivity index (χ2v) is 8.42. The van der Waals surface area contributed by atoms with E-state index in [1.165, 1.54) is 4.90 Å². The van der Waals surface area contributed by atoms with Crippen LogP contribution in [-0.2, 0) is 23.9 Å². The zero-order valence-corrected chi connectivity index (χ0v) is 19.8. The Bertz CT molecular complexity index is 1060. The standard InChI is InChI=1S/C26H30N2O6/c1-4-5-12-33-25(31)19-7-9-21(10-8-19)28-15-20(14-24(28)30)26(32)34-16-23(29)27-22-11-6-17(2)13-18(22)3/h6-11,13,20H,4-5,12,14-16H2,1-3H3,(H,27,29)/t20-/m0/s1. The van der Waals surface area contributed by atoms with Gasteiger partial charge in [0, 0.05) is 24.3 Å². The molecule has 1 aliphatic rings. The van der Waals surface area contributed by atoms with Gasteiger partial charge in [-0.2, -0.15) is 0 Å². The summed E-state index contributed by atoms with van der Waals surface area (Å²) in [7, 11) is 0. The van der Waals surface area contributed by atoms with Crippen LogP contribution >= 0.6 is 0 Å². The second kappa shape index (κ2) is 11.4. The predicted octanol–water partition coefficient (Wildman–Crippen LogP) is 3.80. The molecule has 180 valence electrons. The third-order valence-electron chi connectivity index (χ3n) is 5.61. The fourth-order valence-electron chi connectivity index (χ4n) is 3.68. The highest BCUT2D eigenvalue weighted by atomic mass is 16.5. The summed E-state index contributed by atoms with van der Waals surface area (Å²) in [6.45, 7) is 5.95. The molecule has 8 nitrogen and oxygen atoms in total. The third kappa shape index (κ3) is 6.43. The van der Waals surface area contributed by atoms with Crippen molar-refractivity contribution < 1.29 is 28.7 Å². The van der Waals surface area contributed by atoms with Crippen molar-refractivity contribution >= 4 is 35.1 Å². The van der Waals surface area contributed by atoms with E-state index in [-0.39, 0.29) is 18.9 Å². The molecule has 0 saturated carbocycles. The molecule has 1 fully saturated rings. The summed E-state index contributed by atoms with van der Waals surface area (Å²) < 4.78 is 10.3. The smallest absolute Gasteiger partial charge is 0.338 e. The molecule has 0 aromatic heterocycles. The average Bonchev–Trinajstić information content (AvgIpc) is 3.21. The molecule has 2 aromatic carbocycles. The van der Waals surface area contributed by atoms with Gasteiger partial charge in [-0.3, -0.25) is 14.4 Å². The number of anilines is 2. The number of amides is 2. The van der Waals surface area contributed by atoms with Crippen molar-refractivity contribution in [2.24, 2.45) is 5.92 Å². The molecule has 0 radical (unpaired) electrons. The lowest BCUT2D eigenvalue weighted by atomic mass is 10.1. The fraction of sp³-hybridized carbons (Fsp3) is 0.385. The maximum Gasteiger partial charge on any atom is 0.338 e. The molecule has 3 rings (SSSR count). The minimum atomic E-state index is -0.667. The first-order chi connectivity index (χ1) is 16.3. The van der Waals surface area contributed by atoms with Crippen LogP contribution in [0.5, 0.6) is 0 Å². The third-order valence-corrected chi connectivity index (χ3v) is 5.61. The summed E-state index contributed by atoms with van der Waals surface area (Å²) in [5.74, 6) is -2.33. The van der Waals surface area contributed by atoms with E-state index in [0.717, 1.165) is 24.0 Å². The van der Waals surface area contributed by atoms with Crippen molar-refractivity contribution in [1.82, 2.24) is 0 Å². The Morgan fingerprint density at radius 1 is 1.06 bits per heavy atom. The van der Waals surface area contributed by atoms with E-state index in [1.807, 2.05) is 32.9 Å². The number of hydrogen-bond acceptors (Lipinski definition) is 6. The summed E-state index contributed by atoms with van der Waals surface area (Å²) in [6, 6.07) is 12.1. The fourth-order valence-corrected chi connectivity index (χ4v) is 3.68. The summed E-state index contributed by atoms with van der Waals surface area (Å²) in [6.07, 6.45) is 1.74. The van der Waals surface area contributed by atoms with Crippen molar-refractivity contribution in [1.29, 1.82) is 0 Å². The van der Waals surface area contributed by atoms with Crippen LogP contribution in [0, 0.1) is 19.8 Å².